The highest BCUT2D eigenvalue weighted by molar-refractivity contribution is 7.91. The fourth-order valence-corrected chi connectivity index (χ4v) is 5.00. The Labute approximate surface area is 211 Å². The molecule has 37 heavy (non-hydrogen) atoms. The summed E-state index contributed by atoms with van der Waals surface area (Å²) in [5.74, 6) is -2.64. The molecule has 0 spiro atoms. The Balaban J connectivity index is 1.79. The van der Waals surface area contributed by atoms with Crippen molar-refractivity contribution in [3.63, 3.8) is 0 Å². The van der Waals surface area contributed by atoms with Gasteiger partial charge in [-0.15, -0.1) is 0 Å². The zero-order chi connectivity index (χ0) is 27.4. The number of carboxylic acid groups (broad SMARTS) is 1. The van der Waals surface area contributed by atoms with Gasteiger partial charge in [0, 0.05) is 11.6 Å². The highest BCUT2D eigenvalue weighted by Crippen LogP contribution is 2.31. The second-order valence-corrected chi connectivity index (χ2v) is 10.2. The maximum Gasteiger partial charge on any atom is 0.471 e. The van der Waals surface area contributed by atoms with Gasteiger partial charge in [-0.25, -0.2) is 13.2 Å². The average Bonchev–Trinajstić information content (AvgIpc) is 2.83. The number of sulfone groups is 1. The van der Waals surface area contributed by atoms with Crippen LogP contribution in [0.25, 0.3) is 0 Å². The molecule has 0 aliphatic heterocycles. The molecule has 196 valence electrons. The molecule has 0 saturated carbocycles. The van der Waals surface area contributed by atoms with Crippen LogP contribution in [0.4, 0.5) is 13.2 Å². The molecule has 3 rings (SSSR count). The van der Waals surface area contributed by atoms with Gasteiger partial charge < -0.3 is 15.2 Å². The number of alkyl halides is 3. The largest absolute Gasteiger partial charge is 0.478 e. The summed E-state index contributed by atoms with van der Waals surface area (Å²) < 4.78 is 69.5. The van der Waals surface area contributed by atoms with Crippen LogP contribution in [-0.2, 0) is 27.5 Å². The van der Waals surface area contributed by atoms with Gasteiger partial charge in [-0.1, -0.05) is 31.2 Å². The van der Waals surface area contributed by atoms with Crippen molar-refractivity contribution in [3.05, 3.63) is 83.4 Å². The van der Waals surface area contributed by atoms with Gasteiger partial charge in [0.2, 0.25) is 9.84 Å². The molecule has 11 heteroatoms. The summed E-state index contributed by atoms with van der Waals surface area (Å²) in [4.78, 5) is 22.5. The number of carbonyl (C=O) groups excluding carboxylic acids is 1. The van der Waals surface area contributed by atoms with Gasteiger partial charge in [0.1, 0.15) is 11.5 Å². The summed E-state index contributed by atoms with van der Waals surface area (Å²) in [5.41, 5.74) is 1.10. The third-order valence-electron chi connectivity index (χ3n) is 5.47. The van der Waals surface area contributed by atoms with Crippen LogP contribution in [0.5, 0.6) is 11.5 Å². The molecular formula is C26H24F3NO6S. The number of amides is 1. The lowest BCUT2D eigenvalue weighted by Crippen LogP contribution is -2.42. The number of benzene rings is 3. The van der Waals surface area contributed by atoms with Crippen LogP contribution in [-0.4, -0.2) is 37.6 Å². The number of rotatable bonds is 9. The number of ether oxygens (including phenoxy) is 1. The average molecular weight is 536 g/mol. The molecule has 0 aliphatic carbocycles. The number of hydrogen-bond donors (Lipinski definition) is 2. The Hall–Kier alpha value is -3.86. The lowest BCUT2D eigenvalue weighted by molar-refractivity contribution is -0.174. The Kier molecular flexibility index (Phi) is 8.27. The lowest BCUT2D eigenvalue weighted by atomic mass is 10.0. The minimum atomic E-state index is -4.98. The topological polar surface area (TPSA) is 110 Å². The quantitative estimate of drug-likeness (QED) is 0.391. The molecule has 0 aliphatic rings. The Morgan fingerprint density at radius 2 is 1.65 bits per heavy atom. The van der Waals surface area contributed by atoms with Crippen LogP contribution in [0.1, 0.15) is 35.3 Å². The third kappa shape index (κ3) is 6.67. The molecule has 3 aromatic rings. The summed E-state index contributed by atoms with van der Waals surface area (Å²) in [6.45, 7) is 3.19. The van der Waals surface area contributed by atoms with Crippen molar-refractivity contribution in [2.24, 2.45) is 0 Å². The summed E-state index contributed by atoms with van der Waals surface area (Å²) in [6, 6.07) is 15.1. The van der Waals surface area contributed by atoms with Crippen molar-refractivity contribution < 1.29 is 41.0 Å². The van der Waals surface area contributed by atoms with E-state index in [1.54, 1.807) is 19.1 Å². The minimum absolute atomic E-state index is 0.0394. The second-order valence-electron chi connectivity index (χ2n) is 8.24. The van der Waals surface area contributed by atoms with E-state index in [0.717, 1.165) is 0 Å². The van der Waals surface area contributed by atoms with E-state index in [1.807, 2.05) is 5.32 Å². The van der Waals surface area contributed by atoms with E-state index in [9.17, 15) is 36.3 Å². The number of hydrogen-bond acceptors (Lipinski definition) is 5. The predicted molar refractivity (Wildman–Crippen MR) is 129 cm³/mol. The highest BCUT2D eigenvalue weighted by Gasteiger charge is 2.39. The van der Waals surface area contributed by atoms with Crippen molar-refractivity contribution in [3.8, 4) is 11.5 Å². The molecule has 0 bridgehead atoms. The zero-order valence-corrected chi connectivity index (χ0v) is 20.7. The molecule has 1 atom stereocenters. The molecule has 0 aromatic heterocycles. The fraction of sp³-hybridized carbons (Fsp3) is 0.231. The van der Waals surface area contributed by atoms with Gasteiger partial charge in [-0.3, -0.25) is 4.79 Å². The van der Waals surface area contributed by atoms with E-state index in [0.29, 0.717) is 23.3 Å². The van der Waals surface area contributed by atoms with Crippen LogP contribution < -0.4 is 10.1 Å². The van der Waals surface area contributed by atoms with Gasteiger partial charge in [0.15, 0.2) is 0 Å². The van der Waals surface area contributed by atoms with Crippen molar-refractivity contribution in [1.29, 1.82) is 0 Å². The number of carbonyl (C=O) groups is 2. The Morgan fingerprint density at radius 1 is 1.00 bits per heavy atom. The van der Waals surface area contributed by atoms with Crippen LogP contribution in [0.15, 0.2) is 76.5 Å². The Bertz CT molecular complexity index is 1400. The first-order valence-electron chi connectivity index (χ1n) is 11.2. The summed E-state index contributed by atoms with van der Waals surface area (Å²) in [5, 5.41) is 11.3. The first-order chi connectivity index (χ1) is 17.3. The maximum absolute atomic E-state index is 13.2. The molecule has 3 aromatic carbocycles. The van der Waals surface area contributed by atoms with Gasteiger partial charge in [-0.05, 0) is 67.8 Å². The number of carboxylic acids is 1. The van der Waals surface area contributed by atoms with Crippen LogP contribution in [0, 0.1) is 0 Å². The van der Waals surface area contributed by atoms with E-state index >= 15 is 0 Å². The van der Waals surface area contributed by atoms with E-state index in [-0.39, 0.29) is 27.5 Å². The number of aromatic carboxylic acids is 1. The summed E-state index contributed by atoms with van der Waals surface area (Å²) >= 11 is 0. The second kappa shape index (κ2) is 11.0. The SMILES string of the molecule is CCc1c(Oc2cccc(S(=O)(=O)c3ccc(C[C@@H](C)NC(=O)C(F)(F)F)cc3)c2)cccc1C(=O)O. The minimum Gasteiger partial charge on any atom is -0.478 e. The van der Waals surface area contributed by atoms with Gasteiger partial charge >= 0.3 is 18.1 Å². The van der Waals surface area contributed by atoms with Crippen molar-refractivity contribution in [1.82, 2.24) is 5.32 Å². The molecule has 2 N–H and O–H groups in total. The van der Waals surface area contributed by atoms with Crippen LogP contribution in [0.3, 0.4) is 0 Å². The molecule has 0 radical (unpaired) electrons. The van der Waals surface area contributed by atoms with E-state index < -0.39 is 33.9 Å². The third-order valence-corrected chi connectivity index (χ3v) is 7.24. The predicted octanol–water partition coefficient (Wildman–Crippen LogP) is 5.18. The Morgan fingerprint density at radius 3 is 2.24 bits per heavy atom. The normalized spacial score (nSPS) is 12.6. The van der Waals surface area contributed by atoms with E-state index in [1.165, 1.54) is 61.5 Å². The van der Waals surface area contributed by atoms with Crippen molar-refractivity contribution in [2.75, 3.05) is 0 Å². The zero-order valence-electron chi connectivity index (χ0n) is 19.9. The molecule has 0 fully saturated rings. The molecule has 0 unspecified atom stereocenters. The van der Waals surface area contributed by atoms with Gasteiger partial charge in [-0.2, -0.15) is 13.2 Å². The number of nitrogens with one attached hydrogen (secondary N) is 1. The lowest BCUT2D eigenvalue weighted by Gasteiger charge is -2.15. The molecular weight excluding hydrogens is 511 g/mol. The van der Waals surface area contributed by atoms with E-state index in [4.69, 9.17) is 4.74 Å². The molecule has 0 saturated heterocycles. The first kappa shape index (κ1) is 27.7. The van der Waals surface area contributed by atoms with Crippen LogP contribution >= 0.6 is 0 Å². The maximum atomic E-state index is 13.2. The molecule has 1 amide bonds. The summed E-state index contributed by atoms with van der Waals surface area (Å²) in [7, 11) is -3.97. The molecule has 0 heterocycles. The van der Waals surface area contributed by atoms with Crippen molar-refractivity contribution in [2.45, 2.75) is 48.7 Å². The fourth-order valence-electron chi connectivity index (χ4n) is 3.71. The van der Waals surface area contributed by atoms with Crippen LogP contribution in [0.2, 0.25) is 0 Å². The molecule has 7 nitrogen and oxygen atoms in total. The smallest absolute Gasteiger partial charge is 0.471 e. The van der Waals surface area contributed by atoms with Crippen molar-refractivity contribution >= 4 is 21.7 Å². The number of halogens is 3. The monoisotopic (exact) mass is 535 g/mol. The first-order valence-corrected chi connectivity index (χ1v) is 12.7. The standard InChI is InChI=1S/C26H24F3NO6S/c1-3-21-22(24(31)32)8-5-9-23(21)36-18-6-4-7-20(15-18)37(34,35)19-12-10-17(11-13-19)14-16(2)30-25(33)26(27,28)29/h4-13,15-16H,3,14H2,1-2H3,(H,30,33)(H,31,32)/t16-/m1/s1. The van der Waals surface area contributed by atoms with Gasteiger partial charge in [0.25, 0.3) is 0 Å². The summed E-state index contributed by atoms with van der Waals surface area (Å²) in [6.07, 6.45) is -4.52. The van der Waals surface area contributed by atoms with Gasteiger partial charge in [0.05, 0.1) is 15.4 Å². The highest BCUT2D eigenvalue weighted by atomic mass is 32.2. The van der Waals surface area contributed by atoms with E-state index in [2.05, 4.69) is 0 Å².